The number of benzene rings is 1. The number of nitro benzene ring substituents is 1. The summed E-state index contributed by atoms with van der Waals surface area (Å²) in [5, 5.41) is 21.8. The summed E-state index contributed by atoms with van der Waals surface area (Å²) in [6.45, 7) is -0.470. The molecule has 0 unspecified atom stereocenters. The molecule has 2 atom stereocenters. The average molecular weight is 379 g/mol. The summed E-state index contributed by atoms with van der Waals surface area (Å²) in [6.07, 6.45) is -4.83. The Hall–Kier alpha value is -2.92. The number of carboxylic acids is 1. The van der Waals surface area contributed by atoms with Crippen molar-refractivity contribution in [1.82, 2.24) is 4.90 Å². The lowest BCUT2D eigenvalue weighted by Crippen LogP contribution is -2.35. The van der Waals surface area contributed by atoms with Gasteiger partial charge in [0, 0.05) is 19.2 Å². The Balaban J connectivity index is 2.25. The fraction of sp³-hybridized carbons (Fsp3) is 0.429. The summed E-state index contributed by atoms with van der Waals surface area (Å²) in [5.74, 6) is -6.83. The van der Waals surface area contributed by atoms with E-state index in [-0.39, 0.29) is 5.56 Å². The van der Waals surface area contributed by atoms with Crippen LogP contribution in [0.3, 0.4) is 0 Å². The highest BCUT2D eigenvalue weighted by atomic mass is 19.4. The number of nitrogens with one attached hydrogen (secondary N) is 1. The number of anilines is 1. The van der Waals surface area contributed by atoms with E-state index in [4.69, 9.17) is 5.11 Å². The van der Waals surface area contributed by atoms with E-state index in [2.05, 4.69) is 0 Å². The number of halogens is 4. The molecule has 8 nitrogen and oxygen atoms in total. The van der Waals surface area contributed by atoms with Crippen molar-refractivity contribution in [1.29, 1.82) is 0 Å². The van der Waals surface area contributed by atoms with Gasteiger partial charge in [-0.25, -0.2) is 9.18 Å². The van der Waals surface area contributed by atoms with Gasteiger partial charge in [-0.3, -0.25) is 14.9 Å². The summed E-state index contributed by atoms with van der Waals surface area (Å²) in [7, 11) is 0. The lowest BCUT2D eigenvalue weighted by Gasteiger charge is -2.19. The molecule has 2 amide bonds. The number of hydrogen-bond acceptors (Lipinski definition) is 4. The second-order valence-electron chi connectivity index (χ2n) is 5.75. The Morgan fingerprint density at radius 1 is 1.35 bits per heavy atom. The molecule has 1 heterocycles. The number of aliphatic carboxylic acids is 1. The summed E-state index contributed by atoms with van der Waals surface area (Å²) in [6, 6.07) is 0.449. The maximum absolute atomic E-state index is 13.9. The standard InChI is InChI=1S/C14H13F4N3O5/c1-6-10(21(25)26)3-2-9(15)11(6)19-13(24)20-4-7(12(22)23)8(5-20)14(16,17)18/h2-3,7-8H,4-5H2,1H3,(H,19,24)(H,22,23)/t7-,8-/m1/s1. The zero-order chi connectivity index (χ0) is 19.8. The van der Waals surface area contributed by atoms with Crippen LogP contribution in [0.25, 0.3) is 0 Å². The third-order valence-corrected chi connectivity index (χ3v) is 4.16. The molecule has 1 aromatic rings. The van der Waals surface area contributed by atoms with Crippen LogP contribution in [0.5, 0.6) is 0 Å². The molecular formula is C14H13F4N3O5. The lowest BCUT2D eigenvalue weighted by atomic mass is 9.96. The number of nitro groups is 1. The number of amides is 2. The molecule has 1 aliphatic heterocycles. The van der Waals surface area contributed by atoms with E-state index < -0.39 is 65.2 Å². The zero-order valence-electron chi connectivity index (χ0n) is 13.2. The molecule has 0 spiro atoms. The number of carbonyl (C=O) groups is 2. The summed E-state index contributed by atoms with van der Waals surface area (Å²) < 4.78 is 52.7. The van der Waals surface area contributed by atoms with Gasteiger partial charge in [0.1, 0.15) is 5.82 Å². The van der Waals surface area contributed by atoms with Crippen molar-refractivity contribution in [3.63, 3.8) is 0 Å². The van der Waals surface area contributed by atoms with E-state index in [1.54, 1.807) is 0 Å². The van der Waals surface area contributed by atoms with Crippen LogP contribution in [0.2, 0.25) is 0 Å². The van der Waals surface area contributed by atoms with Crippen LogP contribution < -0.4 is 5.32 Å². The maximum Gasteiger partial charge on any atom is 0.394 e. The number of rotatable bonds is 3. The summed E-state index contributed by atoms with van der Waals surface area (Å²) in [4.78, 5) is 33.8. The third kappa shape index (κ3) is 3.68. The van der Waals surface area contributed by atoms with Crippen molar-refractivity contribution in [2.24, 2.45) is 11.8 Å². The van der Waals surface area contributed by atoms with Gasteiger partial charge in [-0.05, 0) is 13.0 Å². The van der Waals surface area contributed by atoms with Crippen LogP contribution in [0, 0.1) is 34.7 Å². The molecule has 0 radical (unpaired) electrons. The van der Waals surface area contributed by atoms with Gasteiger partial charge in [0.05, 0.1) is 28.0 Å². The molecule has 0 bridgehead atoms. The molecule has 26 heavy (non-hydrogen) atoms. The number of carbonyl (C=O) groups excluding carboxylic acids is 1. The quantitative estimate of drug-likeness (QED) is 0.476. The predicted octanol–water partition coefficient (Wildman–Crippen LogP) is 2.77. The minimum atomic E-state index is -4.83. The number of carboxylic acid groups (broad SMARTS) is 1. The molecule has 2 rings (SSSR count). The van der Waals surface area contributed by atoms with Crippen molar-refractivity contribution in [3.8, 4) is 0 Å². The first-order valence-electron chi connectivity index (χ1n) is 7.22. The van der Waals surface area contributed by atoms with Crippen molar-refractivity contribution >= 4 is 23.4 Å². The van der Waals surface area contributed by atoms with E-state index in [1.165, 1.54) is 6.92 Å². The molecule has 0 aromatic heterocycles. The zero-order valence-corrected chi connectivity index (χ0v) is 13.2. The fourth-order valence-electron chi connectivity index (χ4n) is 2.76. The summed E-state index contributed by atoms with van der Waals surface area (Å²) in [5.41, 5.74) is -1.25. The first-order valence-corrected chi connectivity index (χ1v) is 7.22. The number of nitrogens with zero attached hydrogens (tertiary/aromatic N) is 2. The van der Waals surface area contributed by atoms with Gasteiger partial charge in [0.15, 0.2) is 0 Å². The minimum absolute atomic E-state index is 0.218. The van der Waals surface area contributed by atoms with E-state index in [9.17, 15) is 37.3 Å². The van der Waals surface area contributed by atoms with Gasteiger partial charge in [0.25, 0.3) is 5.69 Å². The average Bonchev–Trinajstić information content (AvgIpc) is 2.96. The summed E-state index contributed by atoms with van der Waals surface area (Å²) >= 11 is 0. The molecule has 2 N–H and O–H groups in total. The minimum Gasteiger partial charge on any atom is -0.481 e. The molecule has 1 fully saturated rings. The fourth-order valence-corrected chi connectivity index (χ4v) is 2.76. The molecule has 1 aliphatic rings. The van der Waals surface area contributed by atoms with Crippen molar-refractivity contribution < 1.29 is 37.2 Å². The van der Waals surface area contributed by atoms with Crippen molar-refractivity contribution in [2.75, 3.05) is 18.4 Å². The highest BCUT2D eigenvalue weighted by molar-refractivity contribution is 5.91. The van der Waals surface area contributed by atoms with E-state index in [0.29, 0.717) is 4.90 Å². The molecule has 142 valence electrons. The second kappa shape index (κ2) is 6.77. The highest BCUT2D eigenvalue weighted by Crippen LogP contribution is 2.38. The van der Waals surface area contributed by atoms with E-state index >= 15 is 0 Å². The molecule has 12 heteroatoms. The molecule has 1 saturated heterocycles. The number of urea groups is 1. The maximum atomic E-state index is 13.9. The van der Waals surface area contributed by atoms with Crippen LogP contribution in [0.15, 0.2) is 12.1 Å². The van der Waals surface area contributed by atoms with Gasteiger partial charge in [-0.1, -0.05) is 0 Å². The van der Waals surface area contributed by atoms with Gasteiger partial charge >= 0.3 is 18.2 Å². The van der Waals surface area contributed by atoms with Gasteiger partial charge in [0.2, 0.25) is 0 Å². The van der Waals surface area contributed by atoms with Crippen molar-refractivity contribution in [3.05, 3.63) is 33.6 Å². The monoisotopic (exact) mass is 379 g/mol. The Morgan fingerprint density at radius 2 is 1.96 bits per heavy atom. The third-order valence-electron chi connectivity index (χ3n) is 4.16. The Labute approximate surface area is 143 Å². The number of likely N-dealkylation sites (tertiary alicyclic amines) is 1. The van der Waals surface area contributed by atoms with Gasteiger partial charge in [-0.15, -0.1) is 0 Å². The van der Waals surface area contributed by atoms with Crippen LogP contribution in [-0.2, 0) is 4.79 Å². The Morgan fingerprint density at radius 3 is 2.42 bits per heavy atom. The molecule has 0 saturated carbocycles. The van der Waals surface area contributed by atoms with Crippen LogP contribution >= 0.6 is 0 Å². The molecule has 1 aromatic carbocycles. The van der Waals surface area contributed by atoms with E-state index in [1.807, 2.05) is 5.32 Å². The molecule has 0 aliphatic carbocycles. The Bertz CT molecular complexity index is 768. The largest absolute Gasteiger partial charge is 0.481 e. The topological polar surface area (TPSA) is 113 Å². The first-order chi connectivity index (χ1) is 11.9. The lowest BCUT2D eigenvalue weighted by molar-refractivity contribution is -0.385. The second-order valence-corrected chi connectivity index (χ2v) is 5.75. The van der Waals surface area contributed by atoms with Gasteiger partial charge < -0.3 is 15.3 Å². The SMILES string of the molecule is Cc1c([N+](=O)[O-])ccc(F)c1NC(=O)N1C[C@@H](C(F)(F)F)[C@H](C(=O)O)C1. The number of alkyl halides is 3. The first kappa shape index (κ1) is 19.4. The van der Waals surface area contributed by atoms with Crippen LogP contribution in [0.4, 0.5) is 33.7 Å². The smallest absolute Gasteiger partial charge is 0.394 e. The number of hydrogen-bond donors (Lipinski definition) is 2. The van der Waals surface area contributed by atoms with Crippen molar-refractivity contribution in [2.45, 2.75) is 13.1 Å². The molecular weight excluding hydrogens is 366 g/mol. The van der Waals surface area contributed by atoms with Gasteiger partial charge in [-0.2, -0.15) is 13.2 Å². The Kier molecular flexibility index (Phi) is 5.05. The van der Waals surface area contributed by atoms with E-state index in [0.717, 1.165) is 12.1 Å². The predicted molar refractivity (Wildman–Crippen MR) is 79.1 cm³/mol. The normalized spacial score (nSPS) is 20.1. The van der Waals surface area contributed by atoms with Crippen LogP contribution in [0.1, 0.15) is 5.56 Å². The van der Waals surface area contributed by atoms with Crippen LogP contribution in [-0.4, -0.2) is 46.2 Å². The highest BCUT2D eigenvalue weighted by Gasteiger charge is 2.53.